The maximum atomic E-state index is 12.2. The number of benzene rings is 1. The van der Waals surface area contributed by atoms with Gasteiger partial charge in [-0.2, -0.15) is 11.3 Å². The lowest BCUT2D eigenvalue weighted by Gasteiger charge is -2.04. The minimum absolute atomic E-state index is 0.141. The van der Waals surface area contributed by atoms with Crippen molar-refractivity contribution in [2.75, 3.05) is 10.6 Å². The topological polar surface area (TPSA) is 54.0 Å². The Morgan fingerprint density at radius 1 is 1.17 bits per heavy atom. The molecule has 0 fully saturated rings. The summed E-state index contributed by atoms with van der Waals surface area (Å²) in [6.07, 6.45) is 3.53. The first-order valence-electron chi connectivity index (χ1n) is 7.27. The van der Waals surface area contributed by atoms with Crippen LogP contribution in [0.5, 0.6) is 0 Å². The van der Waals surface area contributed by atoms with Crippen molar-refractivity contribution in [2.45, 2.75) is 0 Å². The van der Waals surface area contributed by atoms with E-state index in [1.54, 1.807) is 23.7 Å². The lowest BCUT2D eigenvalue weighted by molar-refractivity contribution is -0.110. The monoisotopic (exact) mass is 445 g/mol. The fourth-order valence-corrected chi connectivity index (χ4v) is 3.52. The highest BCUT2D eigenvalue weighted by molar-refractivity contribution is 14.1. The zero-order chi connectivity index (χ0) is 16.5. The van der Waals surface area contributed by atoms with Crippen molar-refractivity contribution in [3.8, 4) is 11.1 Å². The molecule has 0 radical (unpaired) electrons. The number of nitrogens with zero attached hydrogens (tertiary/aromatic N) is 1. The number of halogens is 1. The maximum absolute atomic E-state index is 12.2. The molecule has 0 bridgehead atoms. The molecule has 4 nitrogen and oxygen atoms in total. The van der Waals surface area contributed by atoms with Crippen LogP contribution >= 0.6 is 33.9 Å². The molecule has 118 valence electrons. The minimum Gasteiger partial charge on any atom is -0.361 e. The normalized spacial score (nSPS) is 14.5. The van der Waals surface area contributed by atoms with Crippen molar-refractivity contribution in [1.82, 2.24) is 4.98 Å². The molecule has 2 aromatic heterocycles. The van der Waals surface area contributed by atoms with E-state index in [0.29, 0.717) is 11.4 Å². The highest BCUT2D eigenvalue weighted by Crippen LogP contribution is 2.33. The average Bonchev–Trinajstić information content (AvgIpc) is 3.21. The lowest BCUT2D eigenvalue weighted by Crippen LogP contribution is -2.05. The van der Waals surface area contributed by atoms with Crippen LogP contribution in [0.3, 0.4) is 0 Å². The van der Waals surface area contributed by atoms with Gasteiger partial charge < -0.3 is 10.6 Å². The molecule has 1 aliphatic heterocycles. The molecule has 3 aromatic rings. The second-order valence-electron chi connectivity index (χ2n) is 5.30. The van der Waals surface area contributed by atoms with Gasteiger partial charge in [-0.15, -0.1) is 0 Å². The van der Waals surface area contributed by atoms with Gasteiger partial charge in [0.2, 0.25) is 0 Å². The third kappa shape index (κ3) is 2.94. The first kappa shape index (κ1) is 15.3. The van der Waals surface area contributed by atoms with E-state index in [4.69, 9.17) is 0 Å². The highest BCUT2D eigenvalue weighted by Gasteiger charge is 2.25. The first-order valence-corrected chi connectivity index (χ1v) is 9.29. The number of thiophene rings is 1. The number of hydrogen-bond donors (Lipinski definition) is 2. The van der Waals surface area contributed by atoms with E-state index in [9.17, 15) is 4.79 Å². The van der Waals surface area contributed by atoms with Crippen molar-refractivity contribution in [1.29, 1.82) is 0 Å². The predicted molar refractivity (Wildman–Crippen MR) is 107 cm³/mol. The van der Waals surface area contributed by atoms with Gasteiger partial charge in [-0.3, -0.25) is 4.79 Å². The molecule has 0 unspecified atom stereocenters. The second-order valence-corrected chi connectivity index (χ2v) is 7.32. The van der Waals surface area contributed by atoms with Crippen LogP contribution < -0.4 is 10.6 Å². The number of nitrogens with one attached hydrogen (secondary N) is 2. The zero-order valence-electron chi connectivity index (χ0n) is 12.4. The molecular formula is C18H12IN3OS. The molecule has 0 atom stereocenters. The molecule has 4 rings (SSSR count). The summed E-state index contributed by atoms with van der Waals surface area (Å²) < 4.78 is 1.17. The summed E-state index contributed by atoms with van der Waals surface area (Å²) >= 11 is 3.90. The van der Waals surface area contributed by atoms with Gasteiger partial charge >= 0.3 is 0 Å². The highest BCUT2D eigenvalue weighted by atomic mass is 127. The largest absolute Gasteiger partial charge is 0.361 e. The Hall–Kier alpha value is -2.19. The van der Waals surface area contributed by atoms with E-state index in [1.807, 2.05) is 41.8 Å². The van der Waals surface area contributed by atoms with Crippen LogP contribution in [-0.2, 0) is 4.79 Å². The van der Waals surface area contributed by atoms with Crippen molar-refractivity contribution in [3.63, 3.8) is 0 Å². The number of fused-ring (bicyclic) bond motifs is 1. The van der Waals surface area contributed by atoms with E-state index >= 15 is 0 Å². The van der Waals surface area contributed by atoms with Gasteiger partial charge in [0.05, 0.1) is 5.57 Å². The van der Waals surface area contributed by atoms with Crippen LogP contribution in [0.1, 0.15) is 5.56 Å². The van der Waals surface area contributed by atoms with Crippen molar-refractivity contribution in [2.24, 2.45) is 0 Å². The number of hydrogen-bond acceptors (Lipinski definition) is 4. The summed E-state index contributed by atoms with van der Waals surface area (Å²) in [6.45, 7) is 0. The molecule has 24 heavy (non-hydrogen) atoms. The molecule has 1 aliphatic rings. The summed E-state index contributed by atoms with van der Waals surface area (Å²) in [4.78, 5) is 16.6. The Bertz CT molecular complexity index is 933. The fraction of sp³-hybridized carbons (Fsp3) is 0. The number of carbonyl (C=O) groups excluding carboxylic acids is 1. The van der Waals surface area contributed by atoms with E-state index < -0.39 is 0 Å². The molecular weight excluding hydrogens is 433 g/mol. The molecule has 1 aromatic carbocycles. The quantitative estimate of drug-likeness (QED) is 0.449. The number of carbonyl (C=O) groups is 1. The van der Waals surface area contributed by atoms with Crippen molar-refractivity contribution >= 4 is 56.9 Å². The number of aromatic nitrogens is 1. The van der Waals surface area contributed by atoms with Crippen LogP contribution in [0, 0.1) is 3.57 Å². The van der Waals surface area contributed by atoms with Crippen LogP contribution in [0.25, 0.3) is 16.7 Å². The Balaban J connectivity index is 1.68. The van der Waals surface area contributed by atoms with Crippen molar-refractivity contribution in [3.05, 3.63) is 68.7 Å². The zero-order valence-corrected chi connectivity index (χ0v) is 15.4. The second kappa shape index (κ2) is 6.37. The van der Waals surface area contributed by atoms with E-state index in [-0.39, 0.29) is 5.91 Å². The lowest BCUT2D eigenvalue weighted by atomic mass is 10.1. The van der Waals surface area contributed by atoms with Gasteiger partial charge in [-0.05, 0) is 75.3 Å². The van der Waals surface area contributed by atoms with Crippen LogP contribution in [0.4, 0.5) is 11.5 Å². The van der Waals surface area contributed by atoms with Gasteiger partial charge in [0.1, 0.15) is 5.82 Å². The van der Waals surface area contributed by atoms with Gasteiger partial charge in [0, 0.05) is 32.8 Å². The Morgan fingerprint density at radius 3 is 2.75 bits per heavy atom. The number of rotatable bonds is 3. The summed E-state index contributed by atoms with van der Waals surface area (Å²) in [5, 5.41) is 10.1. The third-order valence-electron chi connectivity index (χ3n) is 3.74. The van der Waals surface area contributed by atoms with E-state index in [0.717, 1.165) is 22.4 Å². The van der Waals surface area contributed by atoms with Gasteiger partial charge in [-0.1, -0.05) is 0 Å². The Morgan fingerprint density at radius 2 is 2.00 bits per heavy atom. The van der Waals surface area contributed by atoms with Crippen LogP contribution in [-0.4, -0.2) is 10.9 Å². The molecule has 6 heteroatoms. The first-order chi connectivity index (χ1) is 11.7. The molecule has 0 saturated heterocycles. The number of anilines is 2. The third-order valence-corrected chi connectivity index (χ3v) is 5.14. The fourth-order valence-electron chi connectivity index (χ4n) is 2.50. The minimum atomic E-state index is -0.141. The van der Waals surface area contributed by atoms with Crippen LogP contribution in [0.15, 0.2) is 59.6 Å². The molecule has 0 spiro atoms. The molecule has 0 aliphatic carbocycles. The average molecular weight is 445 g/mol. The molecule has 0 saturated carbocycles. The SMILES string of the molecule is O=C1Nc2ncc(-c3ccsc3)cc2C1=CNc1ccc(I)cc1. The maximum Gasteiger partial charge on any atom is 0.259 e. The predicted octanol–water partition coefficient (Wildman–Crippen LogP) is 4.82. The molecule has 3 heterocycles. The standard InChI is InChI=1S/C18H12IN3OS/c19-13-1-3-14(4-2-13)20-9-16-15-7-12(11-5-6-24-10-11)8-21-17(15)22-18(16)23/h1-10,20H,(H,21,22,23). The van der Waals surface area contributed by atoms with Gasteiger partial charge in [0.25, 0.3) is 5.91 Å². The van der Waals surface area contributed by atoms with E-state index in [1.165, 1.54) is 3.57 Å². The van der Waals surface area contributed by atoms with Gasteiger partial charge in [0.15, 0.2) is 0 Å². The Kier molecular flexibility index (Phi) is 4.07. The molecule has 1 amide bonds. The number of pyridine rings is 1. The van der Waals surface area contributed by atoms with E-state index in [2.05, 4.69) is 43.6 Å². The Labute approximate surface area is 156 Å². The van der Waals surface area contributed by atoms with Crippen LogP contribution in [0.2, 0.25) is 0 Å². The molecule has 2 N–H and O–H groups in total. The summed E-state index contributed by atoms with van der Waals surface area (Å²) in [5.74, 6) is 0.465. The summed E-state index contributed by atoms with van der Waals surface area (Å²) in [6, 6.07) is 12.0. The summed E-state index contributed by atoms with van der Waals surface area (Å²) in [5.41, 5.74) is 4.47. The number of amides is 1. The van der Waals surface area contributed by atoms with Gasteiger partial charge in [-0.25, -0.2) is 4.98 Å². The summed E-state index contributed by atoms with van der Waals surface area (Å²) in [7, 11) is 0. The smallest absolute Gasteiger partial charge is 0.259 e. The van der Waals surface area contributed by atoms with Crippen molar-refractivity contribution < 1.29 is 4.79 Å².